The van der Waals surface area contributed by atoms with Crippen LogP contribution in [0.4, 0.5) is 11.5 Å². The Balaban J connectivity index is 1.85. The second-order valence-corrected chi connectivity index (χ2v) is 4.50. The molecule has 0 saturated heterocycles. The summed E-state index contributed by atoms with van der Waals surface area (Å²) in [5.74, 6) is 1.09. The molecule has 1 aromatic rings. The quantitative estimate of drug-likeness (QED) is 0.725. The van der Waals surface area contributed by atoms with Gasteiger partial charge in [-0.3, -0.25) is 0 Å². The maximum atomic E-state index is 9.57. The highest BCUT2D eigenvalue weighted by molar-refractivity contribution is 5.60. The van der Waals surface area contributed by atoms with Crippen LogP contribution in [-0.4, -0.2) is 22.7 Å². The molecule has 0 aliphatic heterocycles. The molecule has 1 aromatic heterocycles. The normalized spacial score (nSPS) is 25.3. The molecule has 1 aliphatic rings. The van der Waals surface area contributed by atoms with Crippen molar-refractivity contribution in [3.05, 3.63) is 18.3 Å². The number of anilines is 2. The van der Waals surface area contributed by atoms with Crippen molar-refractivity contribution in [1.82, 2.24) is 4.98 Å². The van der Waals surface area contributed by atoms with Gasteiger partial charge in [-0.25, -0.2) is 4.98 Å². The first-order valence-corrected chi connectivity index (χ1v) is 5.88. The smallest absolute Gasteiger partial charge is 0.146 e. The van der Waals surface area contributed by atoms with Gasteiger partial charge < -0.3 is 16.2 Å². The summed E-state index contributed by atoms with van der Waals surface area (Å²) in [6.07, 6.45) is 5.72. The first kappa shape index (κ1) is 11.2. The minimum absolute atomic E-state index is 0.119. The minimum Gasteiger partial charge on any atom is -0.393 e. The zero-order valence-electron chi connectivity index (χ0n) is 9.39. The van der Waals surface area contributed by atoms with Crippen molar-refractivity contribution in [2.75, 3.05) is 17.6 Å². The zero-order valence-corrected chi connectivity index (χ0v) is 9.39. The summed E-state index contributed by atoms with van der Waals surface area (Å²) in [6, 6.07) is 3.80. The van der Waals surface area contributed by atoms with Gasteiger partial charge in [-0.1, -0.05) is 6.42 Å². The molecular weight excluding hydrogens is 202 g/mol. The van der Waals surface area contributed by atoms with E-state index in [1.807, 2.05) is 12.1 Å². The molecule has 2 unspecified atom stereocenters. The van der Waals surface area contributed by atoms with E-state index in [-0.39, 0.29) is 6.10 Å². The molecule has 88 valence electrons. The summed E-state index contributed by atoms with van der Waals surface area (Å²) in [7, 11) is 0. The van der Waals surface area contributed by atoms with E-state index in [0.717, 1.165) is 31.5 Å². The van der Waals surface area contributed by atoms with Crippen LogP contribution in [0.1, 0.15) is 25.7 Å². The lowest BCUT2D eigenvalue weighted by Crippen LogP contribution is -2.25. The fourth-order valence-electron chi connectivity index (χ4n) is 2.27. The first-order valence-electron chi connectivity index (χ1n) is 5.88. The summed E-state index contributed by atoms with van der Waals surface area (Å²) >= 11 is 0. The number of hydrogen-bond acceptors (Lipinski definition) is 4. The Bertz CT molecular complexity index is 343. The number of nitrogens with zero attached hydrogens (tertiary/aromatic N) is 1. The number of aromatic nitrogens is 1. The van der Waals surface area contributed by atoms with Gasteiger partial charge in [0.15, 0.2) is 0 Å². The van der Waals surface area contributed by atoms with Crippen LogP contribution in [0, 0.1) is 5.92 Å². The Hall–Kier alpha value is -1.29. The zero-order chi connectivity index (χ0) is 11.4. The standard InChI is InChI=1S/C12H19N3O/c13-12-11(5-2-6-14-12)15-8-9-3-1-4-10(16)7-9/h2,5-6,9-10,15-16H,1,3-4,7-8H2,(H2,13,14). The largest absolute Gasteiger partial charge is 0.393 e. The highest BCUT2D eigenvalue weighted by atomic mass is 16.3. The van der Waals surface area contributed by atoms with Gasteiger partial charge in [0, 0.05) is 12.7 Å². The molecule has 2 atom stereocenters. The molecule has 0 spiro atoms. The average Bonchev–Trinajstić information content (AvgIpc) is 2.28. The van der Waals surface area contributed by atoms with Crippen LogP contribution < -0.4 is 11.1 Å². The monoisotopic (exact) mass is 221 g/mol. The summed E-state index contributed by atoms with van der Waals surface area (Å²) in [5, 5.41) is 12.9. The minimum atomic E-state index is -0.119. The summed E-state index contributed by atoms with van der Waals surface area (Å²) < 4.78 is 0. The van der Waals surface area contributed by atoms with Crippen molar-refractivity contribution in [3.8, 4) is 0 Å². The van der Waals surface area contributed by atoms with Gasteiger partial charge in [-0.05, 0) is 37.3 Å². The van der Waals surface area contributed by atoms with Gasteiger partial charge in [0.1, 0.15) is 5.82 Å². The Morgan fingerprint density at radius 2 is 2.38 bits per heavy atom. The first-order chi connectivity index (χ1) is 7.75. The molecular formula is C12H19N3O. The van der Waals surface area contributed by atoms with Crippen molar-refractivity contribution in [1.29, 1.82) is 0 Å². The lowest BCUT2D eigenvalue weighted by Gasteiger charge is -2.26. The number of nitrogens with one attached hydrogen (secondary N) is 1. The molecule has 0 amide bonds. The van der Waals surface area contributed by atoms with Crippen molar-refractivity contribution >= 4 is 11.5 Å². The van der Waals surface area contributed by atoms with Gasteiger partial charge >= 0.3 is 0 Å². The molecule has 4 heteroatoms. The topological polar surface area (TPSA) is 71.2 Å². The van der Waals surface area contributed by atoms with Crippen molar-refractivity contribution in [3.63, 3.8) is 0 Å². The van der Waals surface area contributed by atoms with Gasteiger partial charge in [-0.15, -0.1) is 0 Å². The molecule has 1 heterocycles. The fraction of sp³-hybridized carbons (Fsp3) is 0.583. The molecule has 1 saturated carbocycles. The Kier molecular flexibility index (Phi) is 3.62. The van der Waals surface area contributed by atoms with Crippen molar-refractivity contribution in [2.45, 2.75) is 31.8 Å². The van der Waals surface area contributed by atoms with Crippen LogP contribution in [-0.2, 0) is 0 Å². The van der Waals surface area contributed by atoms with Crippen molar-refractivity contribution in [2.24, 2.45) is 5.92 Å². The van der Waals surface area contributed by atoms with Crippen LogP contribution >= 0.6 is 0 Å². The maximum Gasteiger partial charge on any atom is 0.146 e. The average molecular weight is 221 g/mol. The fourth-order valence-corrected chi connectivity index (χ4v) is 2.27. The van der Waals surface area contributed by atoms with Crippen LogP contribution in [0.25, 0.3) is 0 Å². The highest BCUT2D eigenvalue weighted by Gasteiger charge is 2.19. The Morgan fingerprint density at radius 1 is 1.50 bits per heavy atom. The molecule has 0 aromatic carbocycles. The van der Waals surface area contributed by atoms with Crippen LogP contribution in [0.2, 0.25) is 0 Å². The van der Waals surface area contributed by atoms with E-state index < -0.39 is 0 Å². The lowest BCUT2D eigenvalue weighted by atomic mass is 9.87. The van der Waals surface area contributed by atoms with E-state index in [9.17, 15) is 5.11 Å². The lowest BCUT2D eigenvalue weighted by molar-refractivity contribution is 0.105. The number of hydrogen-bond donors (Lipinski definition) is 3. The van der Waals surface area contributed by atoms with E-state index >= 15 is 0 Å². The van der Waals surface area contributed by atoms with Crippen molar-refractivity contribution < 1.29 is 5.11 Å². The van der Waals surface area contributed by atoms with Gasteiger partial charge in [-0.2, -0.15) is 0 Å². The van der Waals surface area contributed by atoms with Gasteiger partial charge in [0.05, 0.1) is 11.8 Å². The van der Waals surface area contributed by atoms with Gasteiger partial charge in [0.25, 0.3) is 0 Å². The predicted octanol–water partition coefficient (Wildman–Crippen LogP) is 1.63. The number of aliphatic hydroxyl groups is 1. The van der Waals surface area contributed by atoms with E-state index in [1.165, 1.54) is 6.42 Å². The number of pyridine rings is 1. The third kappa shape index (κ3) is 2.85. The SMILES string of the molecule is Nc1ncccc1NCC1CCCC(O)C1. The third-order valence-electron chi connectivity index (χ3n) is 3.17. The number of nitrogens with two attached hydrogens (primary N) is 1. The van der Waals surface area contributed by atoms with E-state index in [1.54, 1.807) is 6.20 Å². The molecule has 0 bridgehead atoms. The summed E-state index contributed by atoms with van der Waals surface area (Å²) in [5.41, 5.74) is 6.63. The molecule has 1 fully saturated rings. The van der Waals surface area contributed by atoms with E-state index in [4.69, 9.17) is 5.73 Å². The molecule has 2 rings (SSSR count). The number of rotatable bonds is 3. The predicted molar refractivity (Wildman–Crippen MR) is 65.1 cm³/mol. The molecule has 4 N–H and O–H groups in total. The van der Waals surface area contributed by atoms with Crippen LogP contribution in [0.15, 0.2) is 18.3 Å². The maximum absolute atomic E-state index is 9.57. The second kappa shape index (κ2) is 5.16. The summed E-state index contributed by atoms with van der Waals surface area (Å²) in [6.45, 7) is 0.868. The molecule has 1 aliphatic carbocycles. The van der Waals surface area contributed by atoms with E-state index in [0.29, 0.717) is 11.7 Å². The second-order valence-electron chi connectivity index (χ2n) is 4.50. The number of aliphatic hydroxyl groups excluding tert-OH is 1. The van der Waals surface area contributed by atoms with E-state index in [2.05, 4.69) is 10.3 Å². The molecule has 0 radical (unpaired) electrons. The van der Waals surface area contributed by atoms with Gasteiger partial charge in [0.2, 0.25) is 0 Å². The third-order valence-corrected chi connectivity index (χ3v) is 3.17. The molecule has 4 nitrogen and oxygen atoms in total. The Morgan fingerprint density at radius 3 is 3.12 bits per heavy atom. The Labute approximate surface area is 95.9 Å². The van der Waals surface area contributed by atoms with Crippen LogP contribution in [0.3, 0.4) is 0 Å². The highest BCUT2D eigenvalue weighted by Crippen LogP contribution is 2.25. The molecule has 16 heavy (non-hydrogen) atoms. The summed E-state index contributed by atoms with van der Waals surface area (Å²) in [4.78, 5) is 4.02. The van der Waals surface area contributed by atoms with Crippen LogP contribution in [0.5, 0.6) is 0 Å². The number of nitrogen functional groups attached to an aromatic ring is 1.